The van der Waals surface area contributed by atoms with Gasteiger partial charge in [0.2, 0.25) is 0 Å². The fraction of sp³-hybridized carbons (Fsp3) is 0.818. The second-order valence-electron chi connectivity index (χ2n) is 4.14. The predicted octanol–water partition coefficient (Wildman–Crippen LogP) is -0.0661. The molecule has 0 aromatic carbocycles. The van der Waals surface area contributed by atoms with Gasteiger partial charge in [-0.1, -0.05) is 25.7 Å². The highest BCUT2D eigenvalue weighted by molar-refractivity contribution is 6.35. The zero-order valence-electron chi connectivity index (χ0n) is 9.50. The average Bonchev–Trinajstić information content (AvgIpc) is 2.54. The molecule has 0 aromatic rings. The maximum atomic E-state index is 11.4. The maximum absolute atomic E-state index is 11.4. The second kappa shape index (κ2) is 7.22. The zero-order chi connectivity index (χ0) is 11.8. The van der Waals surface area contributed by atoms with Crippen molar-refractivity contribution in [2.24, 2.45) is 0 Å². The Hall–Kier alpha value is -1.10. The number of aliphatic hydroxyl groups excluding tert-OH is 1. The summed E-state index contributed by atoms with van der Waals surface area (Å²) in [6.07, 6.45) is 6.57. The van der Waals surface area contributed by atoms with Crippen molar-refractivity contribution >= 4 is 11.8 Å². The Balaban J connectivity index is 2.28. The Morgan fingerprint density at radius 1 is 1.06 bits per heavy atom. The first-order valence-electron chi connectivity index (χ1n) is 5.93. The molecule has 0 spiro atoms. The van der Waals surface area contributed by atoms with E-state index in [1.807, 2.05) is 0 Å². The van der Waals surface area contributed by atoms with E-state index in [-0.39, 0.29) is 19.2 Å². The summed E-state index contributed by atoms with van der Waals surface area (Å²) >= 11 is 0. The minimum Gasteiger partial charge on any atom is -0.395 e. The first kappa shape index (κ1) is 13.0. The maximum Gasteiger partial charge on any atom is 0.309 e. The zero-order valence-corrected chi connectivity index (χ0v) is 9.50. The first-order chi connectivity index (χ1) is 7.74. The molecule has 3 N–H and O–H groups in total. The van der Waals surface area contributed by atoms with Crippen molar-refractivity contribution < 1.29 is 14.7 Å². The summed E-state index contributed by atoms with van der Waals surface area (Å²) in [5.41, 5.74) is 0. The summed E-state index contributed by atoms with van der Waals surface area (Å²) < 4.78 is 0. The number of aliphatic hydroxyl groups is 1. The molecule has 5 nitrogen and oxygen atoms in total. The molecular formula is C11H20N2O3. The van der Waals surface area contributed by atoms with Crippen LogP contribution in [0.3, 0.4) is 0 Å². The van der Waals surface area contributed by atoms with E-state index in [1.165, 1.54) is 12.8 Å². The molecule has 0 aliphatic heterocycles. The lowest BCUT2D eigenvalue weighted by atomic mass is 10.1. The van der Waals surface area contributed by atoms with Gasteiger partial charge in [-0.25, -0.2) is 0 Å². The summed E-state index contributed by atoms with van der Waals surface area (Å²) in [6, 6.07) is 0.134. The molecular weight excluding hydrogens is 208 g/mol. The molecule has 0 unspecified atom stereocenters. The van der Waals surface area contributed by atoms with Gasteiger partial charge in [0.05, 0.1) is 6.61 Å². The monoisotopic (exact) mass is 228 g/mol. The highest BCUT2D eigenvalue weighted by atomic mass is 16.3. The number of rotatable bonds is 3. The third-order valence-electron chi connectivity index (χ3n) is 2.79. The van der Waals surface area contributed by atoms with Crippen LogP contribution in [-0.2, 0) is 9.59 Å². The van der Waals surface area contributed by atoms with Gasteiger partial charge in [0.15, 0.2) is 0 Å². The highest BCUT2D eigenvalue weighted by Gasteiger charge is 2.18. The minimum absolute atomic E-state index is 0.122. The number of amides is 2. The Morgan fingerprint density at radius 3 is 2.25 bits per heavy atom. The average molecular weight is 228 g/mol. The molecule has 16 heavy (non-hydrogen) atoms. The Kier molecular flexibility index (Phi) is 5.85. The lowest BCUT2D eigenvalue weighted by Gasteiger charge is -2.15. The minimum atomic E-state index is -0.654. The van der Waals surface area contributed by atoms with Crippen LogP contribution in [0, 0.1) is 0 Å². The quantitative estimate of drug-likeness (QED) is 0.467. The van der Waals surface area contributed by atoms with E-state index in [2.05, 4.69) is 10.6 Å². The number of carbonyl (C=O) groups excluding carboxylic acids is 2. The Bertz CT molecular complexity index is 235. The molecule has 0 heterocycles. The van der Waals surface area contributed by atoms with E-state index in [0.717, 1.165) is 25.7 Å². The fourth-order valence-electron chi connectivity index (χ4n) is 1.92. The van der Waals surface area contributed by atoms with E-state index < -0.39 is 11.8 Å². The van der Waals surface area contributed by atoms with Crippen LogP contribution in [0.1, 0.15) is 38.5 Å². The van der Waals surface area contributed by atoms with Crippen LogP contribution < -0.4 is 10.6 Å². The van der Waals surface area contributed by atoms with Crippen LogP contribution in [0.5, 0.6) is 0 Å². The molecule has 1 saturated carbocycles. The fourth-order valence-corrected chi connectivity index (χ4v) is 1.92. The summed E-state index contributed by atoms with van der Waals surface area (Å²) in [5, 5.41) is 13.6. The van der Waals surface area contributed by atoms with Crippen molar-refractivity contribution in [3.63, 3.8) is 0 Å². The molecule has 1 rings (SSSR count). The Morgan fingerprint density at radius 2 is 1.69 bits per heavy atom. The predicted molar refractivity (Wildman–Crippen MR) is 59.7 cm³/mol. The molecule has 1 fully saturated rings. The lowest BCUT2D eigenvalue weighted by molar-refractivity contribution is -0.139. The van der Waals surface area contributed by atoms with Crippen molar-refractivity contribution in [3.05, 3.63) is 0 Å². The van der Waals surface area contributed by atoms with Crippen molar-refractivity contribution in [3.8, 4) is 0 Å². The van der Waals surface area contributed by atoms with Crippen LogP contribution in [0.25, 0.3) is 0 Å². The van der Waals surface area contributed by atoms with Gasteiger partial charge < -0.3 is 15.7 Å². The molecule has 0 aromatic heterocycles. The molecule has 92 valence electrons. The van der Waals surface area contributed by atoms with Gasteiger partial charge in [-0.15, -0.1) is 0 Å². The van der Waals surface area contributed by atoms with E-state index >= 15 is 0 Å². The third kappa shape index (κ3) is 4.61. The lowest BCUT2D eigenvalue weighted by Crippen LogP contribution is -2.45. The van der Waals surface area contributed by atoms with E-state index in [0.29, 0.717) is 0 Å². The topological polar surface area (TPSA) is 78.4 Å². The van der Waals surface area contributed by atoms with Crippen LogP contribution >= 0.6 is 0 Å². The highest BCUT2D eigenvalue weighted by Crippen LogP contribution is 2.16. The summed E-state index contributed by atoms with van der Waals surface area (Å²) in [6.45, 7) is -0.0284. The summed E-state index contributed by atoms with van der Waals surface area (Å²) in [4.78, 5) is 22.7. The van der Waals surface area contributed by atoms with E-state index in [4.69, 9.17) is 5.11 Å². The largest absolute Gasteiger partial charge is 0.395 e. The molecule has 1 aliphatic rings. The van der Waals surface area contributed by atoms with Crippen molar-refractivity contribution in [2.75, 3.05) is 13.2 Å². The number of hydrogen-bond acceptors (Lipinski definition) is 3. The van der Waals surface area contributed by atoms with E-state index in [9.17, 15) is 9.59 Å². The second-order valence-corrected chi connectivity index (χ2v) is 4.14. The number of carbonyl (C=O) groups is 2. The van der Waals surface area contributed by atoms with Crippen LogP contribution in [0.4, 0.5) is 0 Å². The third-order valence-corrected chi connectivity index (χ3v) is 2.79. The molecule has 0 radical (unpaired) electrons. The standard InChI is InChI=1S/C11H20N2O3/c14-8-7-12-10(15)11(16)13-9-5-3-1-2-4-6-9/h9,14H,1-8H2,(H,12,15)(H,13,16). The van der Waals surface area contributed by atoms with Gasteiger partial charge in [-0.2, -0.15) is 0 Å². The Labute approximate surface area is 95.6 Å². The van der Waals surface area contributed by atoms with Crippen molar-refractivity contribution in [1.82, 2.24) is 10.6 Å². The SMILES string of the molecule is O=C(NCCO)C(=O)NC1CCCCCC1. The first-order valence-corrected chi connectivity index (χ1v) is 5.93. The van der Waals surface area contributed by atoms with Gasteiger partial charge in [-0.3, -0.25) is 9.59 Å². The van der Waals surface area contributed by atoms with Crippen LogP contribution in [0.15, 0.2) is 0 Å². The van der Waals surface area contributed by atoms with Gasteiger partial charge in [-0.05, 0) is 12.8 Å². The number of hydrogen-bond donors (Lipinski definition) is 3. The van der Waals surface area contributed by atoms with Gasteiger partial charge in [0, 0.05) is 12.6 Å². The molecule has 0 bridgehead atoms. The summed E-state index contributed by atoms with van der Waals surface area (Å²) in [7, 11) is 0. The van der Waals surface area contributed by atoms with Crippen molar-refractivity contribution in [2.45, 2.75) is 44.6 Å². The van der Waals surface area contributed by atoms with Gasteiger partial charge >= 0.3 is 11.8 Å². The smallest absolute Gasteiger partial charge is 0.309 e. The molecule has 1 aliphatic carbocycles. The van der Waals surface area contributed by atoms with Crippen LogP contribution in [0.2, 0.25) is 0 Å². The van der Waals surface area contributed by atoms with Crippen molar-refractivity contribution in [1.29, 1.82) is 0 Å². The van der Waals surface area contributed by atoms with E-state index in [1.54, 1.807) is 0 Å². The van der Waals surface area contributed by atoms with Gasteiger partial charge in [0.1, 0.15) is 0 Å². The number of nitrogens with one attached hydrogen (secondary N) is 2. The van der Waals surface area contributed by atoms with Gasteiger partial charge in [0.25, 0.3) is 0 Å². The summed E-state index contributed by atoms with van der Waals surface area (Å²) in [5.74, 6) is -1.24. The molecule has 2 amide bonds. The molecule has 0 atom stereocenters. The normalized spacial score (nSPS) is 17.6. The van der Waals surface area contributed by atoms with Crippen LogP contribution in [-0.4, -0.2) is 36.1 Å². The molecule has 5 heteroatoms. The molecule has 0 saturated heterocycles.